The average Bonchev–Trinajstić information content (AvgIpc) is 3.69. The normalized spacial score (nSPS) is 24.0. The van der Waals surface area contributed by atoms with E-state index < -0.39 is 23.4 Å². The van der Waals surface area contributed by atoms with Crippen LogP contribution >= 0.6 is 0 Å². The summed E-state index contributed by atoms with van der Waals surface area (Å²) < 4.78 is 39.6. The first-order chi connectivity index (χ1) is 16.9. The Morgan fingerprint density at radius 3 is 1.92 bits per heavy atom. The molecule has 6 nitrogen and oxygen atoms in total. The molecule has 9 heteroatoms. The molecule has 2 aliphatic carbocycles. The number of hydrogen-bond acceptors (Lipinski definition) is 3. The van der Waals surface area contributed by atoms with Crippen molar-refractivity contribution in [2.75, 3.05) is 7.05 Å². The Bertz CT molecular complexity index is 1090. The summed E-state index contributed by atoms with van der Waals surface area (Å²) in [5.41, 5.74) is -2.83. The van der Waals surface area contributed by atoms with E-state index in [9.17, 15) is 33.0 Å². The van der Waals surface area contributed by atoms with Crippen molar-refractivity contribution in [1.82, 2.24) is 9.80 Å². The van der Waals surface area contributed by atoms with E-state index in [0.29, 0.717) is 32.6 Å². The van der Waals surface area contributed by atoms with Gasteiger partial charge in [-0.3, -0.25) is 4.79 Å². The maximum absolute atomic E-state index is 13.5. The summed E-state index contributed by atoms with van der Waals surface area (Å²) in [6.07, 6.45) is -1.81. The molecule has 0 radical (unpaired) electrons. The largest absolute Gasteiger partial charge is 0.465 e. The van der Waals surface area contributed by atoms with E-state index in [-0.39, 0.29) is 29.1 Å². The molecule has 0 bridgehead atoms. The number of carboxylic acid groups (broad SMARTS) is 1. The molecule has 0 saturated heterocycles. The van der Waals surface area contributed by atoms with Crippen molar-refractivity contribution in [3.8, 4) is 0 Å². The van der Waals surface area contributed by atoms with Crippen molar-refractivity contribution in [1.29, 1.82) is 0 Å². The van der Waals surface area contributed by atoms with E-state index in [1.807, 2.05) is 35.2 Å². The van der Waals surface area contributed by atoms with E-state index in [4.69, 9.17) is 0 Å². The minimum Gasteiger partial charge on any atom is -0.465 e. The first-order valence-electron chi connectivity index (χ1n) is 12.1. The second-order valence-corrected chi connectivity index (χ2v) is 10.1. The molecule has 1 atom stereocenters. The molecule has 36 heavy (non-hydrogen) atoms. The van der Waals surface area contributed by atoms with Crippen LogP contribution in [0.2, 0.25) is 0 Å². The maximum Gasteiger partial charge on any atom is 0.421 e. The van der Waals surface area contributed by atoms with Crippen molar-refractivity contribution in [3.63, 3.8) is 0 Å². The van der Waals surface area contributed by atoms with Crippen LogP contribution in [0.4, 0.5) is 18.0 Å². The van der Waals surface area contributed by atoms with Gasteiger partial charge in [0.25, 0.3) is 5.91 Å². The Morgan fingerprint density at radius 1 is 0.917 bits per heavy atom. The lowest BCUT2D eigenvalue weighted by Gasteiger charge is -2.47. The van der Waals surface area contributed by atoms with Crippen molar-refractivity contribution < 1.29 is 33.0 Å². The van der Waals surface area contributed by atoms with Crippen LogP contribution in [0.5, 0.6) is 0 Å². The van der Waals surface area contributed by atoms with Crippen LogP contribution in [0.15, 0.2) is 54.6 Å². The molecule has 2 N–H and O–H groups in total. The summed E-state index contributed by atoms with van der Waals surface area (Å²) in [6, 6.07) is 14.5. The van der Waals surface area contributed by atoms with Crippen molar-refractivity contribution >= 4 is 12.0 Å². The molecule has 2 amide bonds. The number of hydrogen-bond donors (Lipinski definition) is 2. The first kappa shape index (κ1) is 26.0. The van der Waals surface area contributed by atoms with Gasteiger partial charge in [0.2, 0.25) is 0 Å². The lowest BCUT2D eigenvalue weighted by atomic mass is 9.73. The van der Waals surface area contributed by atoms with Crippen molar-refractivity contribution in [3.05, 3.63) is 71.3 Å². The fraction of sp³-hybridized carbons (Fsp3) is 0.481. The molecule has 194 valence electrons. The zero-order valence-corrected chi connectivity index (χ0v) is 20.3. The highest BCUT2D eigenvalue weighted by atomic mass is 19.4. The van der Waals surface area contributed by atoms with Gasteiger partial charge in [-0.2, -0.15) is 13.2 Å². The predicted octanol–water partition coefficient (Wildman–Crippen LogP) is 5.51. The number of nitrogens with zero attached hydrogens (tertiary/aromatic N) is 2. The smallest absolute Gasteiger partial charge is 0.421 e. The fourth-order valence-corrected chi connectivity index (χ4v) is 5.34. The topological polar surface area (TPSA) is 81.1 Å². The standard InChI is InChI=1S/C27H31F3N2O4/c1-25(36,27(28,29)30)19-10-8-18(9-11-19)23(33)32(21-12-13-21)22-14-16-26(17-15-22,31(2)24(34)35)20-6-4-3-5-7-20/h3-11,21-22,36H,12-17H2,1-2H3,(H,34,35)/t22-,25-,26-/m0/s1. The SMILES string of the molecule is CN(C(=O)O)[C@]1(c2ccccc2)CC[C@@H](N(C(=O)c2ccc([C@](C)(O)C(F)(F)F)cc2)C2CC2)CC1. The van der Waals surface area contributed by atoms with Gasteiger partial charge in [0, 0.05) is 24.7 Å². The molecular weight excluding hydrogens is 473 g/mol. The third kappa shape index (κ3) is 4.68. The van der Waals surface area contributed by atoms with Crippen LogP contribution in [-0.4, -0.2) is 57.3 Å². The third-order valence-corrected chi connectivity index (χ3v) is 7.84. The van der Waals surface area contributed by atoms with Gasteiger partial charge < -0.3 is 20.0 Å². The average molecular weight is 505 g/mol. The molecule has 0 spiro atoms. The number of benzene rings is 2. The minimum atomic E-state index is -4.84. The lowest BCUT2D eigenvalue weighted by Crippen LogP contribution is -2.53. The van der Waals surface area contributed by atoms with Gasteiger partial charge in [-0.25, -0.2) is 4.79 Å². The van der Waals surface area contributed by atoms with E-state index in [1.165, 1.54) is 17.0 Å². The zero-order valence-electron chi connectivity index (χ0n) is 20.3. The number of carbonyl (C=O) groups is 2. The predicted molar refractivity (Wildman–Crippen MR) is 127 cm³/mol. The Kier molecular flexibility index (Phi) is 6.81. The summed E-state index contributed by atoms with van der Waals surface area (Å²) in [4.78, 5) is 28.6. The Balaban J connectivity index is 1.55. The Morgan fingerprint density at radius 2 is 1.44 bits per heavy atom. The van der Waals surface area contributed by atoms with Gasteiger partial charge >= 0.3 is 12.3 Å². The first-order valence-corrected chi connectivity index (χ1v) is 12.1. The van der Waals surface area contributed by atoms with Crippen molar-refractivity contribution in [2.45, 2.75) is 74.8 Å². The van der Waals surface area contributed by atoms with E-state index in [0.717, 1.165) is 30.5 Å². The highest BCUT2D eigenvalue weighted by Gasteiger charge is 2.51. The van der Waals surface area contributed by atoms with E-state index >= 15 is 0 Å². The Labute approximate surface area is 208 Å². The van der Waals surface area contributed by atoms with E-state index in [2.05, 4.69) is 0 Å². The molecule has 2 aromatic carbocycles. The second-order valence-electron chi connectivity index (χ2n) is 10.1. The molecule has 0 unspecified atom stereocenters. The number of amides is 2. The maximum atomic E-state index is 13.5. The number of alkyl halides is 3. The summed E-state index contributed by atoms with van der Waals surface area (Å²) in [5, 5.41) is 19.7. The van der Waals surface area contributed by atoms with Gasteiger partial charge in [-0.1, -0.05) is 42.5 Å². The van der Waals surface area contributed by atoms with Crippen LogP contribution in [0, 0.1) is 0 Å². The van der Waals surface area contributed by atoms with Crippen LogP contribution in [0.25, 0.3) is 0 Å². The quantitative estimate of drug-likeness (QED) is 0.544. The summed E-state index contributed by atoms with van der Waals surface area (Å²) >= 11 is 0. The molecular formula is C27H31F3N2O4. The fourth-order valence-electron chi connectivity index (χ4n) is 5.34. The molecule has 2 fully saturated rings. The number of rotatable bonds is 6. The van der Waals surface area contributed by atoms with Gasteiger partial charge in [-0.05, 0) is 68.7 Å². The molecule has 0 aliphatic heterocycles. The van der Waals surface area contributed by atoms with Crippen LogP contribution in [-0.2, 0) is 11.1 Å². The summed E-state index contributed by atoms with van der Waals surface area (Å²) in [5.74, 6) is -0.250. The molecule has 2 aliphatic rings. The van der Waals surface area contributed by atoms with Crippen LogP contribution < -0.4 is 0 Å². The second kappa shape index (κ2) is 9.42. The molecule has 2 saturated carbocycles. The summed E-state index contributed by atoms with van der Waals surface area (Å²) in [7, 11) is 1.58. The van der Waals surface area contributed by atoms with Gasteiger partial charge in [0.15, 0.2) is 5.60 Å². The number of carbonyl (C=O) groups excluding carboxylic acids is 1. The Hall–Kier alpha value is -3.07. The van der Waals surface area contributed by atoms with Crippen LogP contribution in [0.3, 0.4) is 0 Å². The van der Waals surface area contributed by atoms with Crippen molar-refractivity contribution in [2.24, 2.45) is 0 Å². The summed E-state index contributed by atoms with van der Waals surface area (Å²) in [6.45, 7) is 0.690. The van der Waals surface area contributed by atoms with Gasteiger partial charge in [0.1, 0.15) is 0 Å². The van der Waals surface area contributed by atoms with Crippen LogP contribution in [0.1, 0.15) is 66.9 Å². The van der Waals surface area contributed by atoms with Gasteiger partial charge in [0.05, 0.1) is 5.54 Å². The number of aliphatic hydroxyl groups is 1. The minimum absolute atomic E-state index is 0.0712. The lowest BCUT2D eigenvalue weighted by molar-refractivity contribution is -0.258. The monoisotopic (exact) mass is 504 g/mol. The third-order valence-electron chi connectivity index (χ3n) is 7.84. The molecule has 0 heterocycles. The molecule has 0 aromatic heterocycles. The highest BCUT2D eigenvalue weighted by Crippen LogP contribution is 2.45. The van der Waals surface area contributed by atoms with E-state index in [1.54, 1.807) is 7.05 Å². The zero-order chi connectivity index (χ0) is 26.3. The molecule has 4 rings (SSSR count). The number of halogens is 3. The molecule has 2 aromatic rings. The highest BCUT2D eigenvalue weighted by molar-refractivity contribution is 5.95. The van der Waals surface area contributed by atoms with Gasteiger partial charge in [-0.15, -0.1) is 0 Å².